The van der Waals surface area contributed by atoms with E-state index in [0.29, 0.717) is 17.4 Å². The Balaban J connectivity index is 3.98. The van der Waals surface area contributed by atoms with Gasteiger partial charge in [0.2, 0.25) is 0 Å². The van der Waals surface area contributed by atoms with Crippen LogP contribution >= 0.6 is 0 Å². The van der Waals surface area contributed by atoms with E-state index >= 15 is 0 Å². The second-order valence-electron chi connectivity index (χ2n) is 20.9. The van der Waals surface area contributed by atoms with Gasteiger partial charge >= 0.3 is 17.9 Å². The summed E-state index contributed by atoms with van der Waals surface area (Å²) >= 11 is 0. The molecule has 0 rings (SSSR count). The molecule has 0 bridgehead atoms. The van der Waals surface area contributed by atoms with Crippen LogP contribution in [0.3, 0.4) is 0 Å². The first-order valence-corrected chi connectivity index (χ1v) is 29.0. The van der Waals surface area contributed by atoms with E-state index in [4.69, 9.17) is 18.9 Å². The number of carboxylic acids is 1. The minimum Gasteiger partial charge on any atom is -0.477 e. The predicted octanol–water partition coefficient (Wildman–Crippen LogP) is 16.7. The van der Waals surface area contributed by atoms with Crippen LogP contribution in [0.2, 0.25) is 0 Å². The number of carboxylic acid groups (broad SMARTS) is 1. The number of quaternary nitrogens is 1. The van der Waals surface area contributed by atoms with Crippen molar-refractivity contribution in [2.75, 3.05) is 47.5 Å². The molecule has 0 radical (unpaired) electrons. The molecule has 0 aromatic carbocycles. The van der Waals surface area contributed by atoms with Gasteiger partial charge in [0.25, 0.3) is 6.29 Å². The maximum absolute atomic E-state index is 12.8. The average molecular weight is 964 g/mol. The highest BCUT2D eigenvalue weighted by Crippen LogP contribution is 2.17. The highest BCUT2D eigenvalue weighted by molar-refractivity contribution is 5.71. The van der Waals surface area contributed by atoms with Crippen LogP contribution in [0.15, 0.2) is 24.3 Å². The molecule has 0 fully saturated rings. The molecular weight excluding hydrogens is 851 g/mol. The van der Waals surface area contributed by atoms with Gasteiger partial charge in [-0.25, -0.2) is 4.79 Å². The third kappa shape index (κ3) is 51.6. The van der Waals surface area contributed by atoms with Gasteiger partial charge in [0.1, 0.15) is 13.2 Å². The third-order valence-corrected chi connectivity index (χ3v) is 12.9. The van der Waals surface area contributed by atoms with Gasteiger partial charge in [0.05, 0.1) is 34.4 Å². The molecule has 0 saturated carbocycles. The van der Waals surface area contributed by atoms with Gasteiger partial charge < -0.3 is 28.5 Å². The second-order valence-corrected chi connectivity index (χ2v) is 20.9. The van der Waals surface area contributed by atoms with Gasteiger partial charge in [0.15, 0.2) is 6.10 Å². The van der Waals surface area contributed by atoms with Crippen LogP contribution in [0, 0.1) is 0 Å². The fourth-order valence-electron chi connectivity index (χ4n) is 8.42. The predicted molar refractivity (Wildman–Crippen MR) is 286 cm³/mol. The minimum atomic E-state index is -1.51. The summed E-state index contributed by atoms with van der Waals surface area (Å²) < 4.78 is 22.8. The van der Waals surface area contributed by atoms with E-state index < -0.39 is 24.3 Å². The largest absolute Gasteiger partial charge is 0.477 e. The van der Waals surface area contributed by atoms with E-state index in [1.807, 2.05) is 21.1 Å². The Morgan fingerprint density at radius 3 is 1.15 bits per heavy atom. The molecule has 400 valence electrons. The van der Waals surface area contributed by atoms with E-state index in [2.05, 4.69) is 38.2 Å². The lowest BCUT2D eigenvalue weighted by Gasteiger charge is -2.25. The Morgan fingerprint density at radius 2 is 0.779 bits per heavy atom. The standard InChI is InChI=1S/C59H111NO8/c1-6-8-10-12-14-16-18-19-20-21-22-23-24-25-26-27-28-29-30-31-32-33-34-35-36-37-38-39-40-42-44-46-48-50-57(62)68-55(54-67-59(58(63)64)65-52-51-60(3,4)5)53-66-56(61)49-47-45-43-41-17-15-13-11-9-7-2/h11,13,21-22,55,59H,6-10,12,14-20,23-54H2,1-5H3/p+1/b13-11-,22-21-. The van der Waals surface area contributed by atoms with Crippen LogP contribution in [0.5, 0.6) is 0 Å². The highest BCUT2D eigenvalue weighted by atomic mass is 16.7. The van der Waals surface area contributed by atoms with Crippen molar-refractivity contribution < 1.29 is 42.9 Å². The monoisotopic (exact) mass is 963 g/mol. The first-order valence-electron chi connectivity index (χ1n) is 29.0. The first kappa shape index (κ1) is 65.8. The van der Waals surface area contributed by atoms with Crippen LogP contribution in [0.1, 0.15) is 277 Å². The summed E-state index contributed by atoms with van der Waals surface area (Å²) in [6.07, 6.45) is 57.2. The molecule has 9 heteroatoms. The Kier molecular flexibility index (Phi) is 49.5. The molecule has 0 spiro atoms. The Bertz CT molecular complexity index is 1170. The van der Waals surface area contributed by atoms with Crippen molar-refractivity contribution in [3.8, 4) is 0 Å². The number of carbonyl (C=O) groups excluding carboxylic acids is 2. The summed E-state index contributed by atoms with van der Waals surface area (Å²) in [6.45, 7) is 4.83. The summed E-state index contributed by atoms with van der Waals surface area (Å²) in [5.41, 5.74) is 0. The first-order chi connectivity index (χ1) is 33.1. The van der Waals surface area contributed by atoms with E-state index in [1.54, 1.807) is 0 Å². The number of aliphatic carboxylic acids is 1. The second kappa shape index (κ2) is 51.1. The van der Waals surface area contributed by atoms with Crippen molar-refractivity contribution in [2.24, 2.45) is 0 Å². The Morgan fingerprint density at radius 1 is 0.426 bits per heavy atom. The topological polar surface area (TPSA) is 108 Å². The third-order valence-electron chi connectivity index (χ3n) is 12.9. The Labute approximate surface area is 420 Å². The van der Waals surface area contributed by atoms with Crippen molar-refractivity contribution in [2.45, 2.75) is 289 Å². The number of hydrogen-bond acceptors (Lipinski definition) is 7. The van der Waals surface area contributed by atoms with E-state index in [-0.39, 0.29) is 32.2 Å². The lowest BCUT2D eigenvalue weighted by atomic mass is 10.0. The zero-order valence-corrected chi connectivity index (χ0v) is 45.5. The van der Waals surface area contributed by atoms with Crippen LogP contribution in [0.4, 0.5) is 0 Å². The van der Waals surface area contributed by atoms with Gasteiger partial charge in [-0.15, -0.1) is 0 Å². The van der Waals surface area contributed by atoms with Gasteiger partial charge in [0, 0.05) is 12.8 Å². The van der Waals surface area contributed by atoms with Crippen molar-refractivity contribution >= 4 is 17.9 Å². The maximum Gasteiger partial charge on any atom is 0.361 e. The number of rotatable bonds is 54. The van der Waals surface area contributed by atoms with Crippen LogP contribution < -0.4 is 0 Å². The molecule has 1 N–H and O–H groups in total. The number of carbonyl (C=O) groups is 3. The van der Waals surface area contributed by atoms with Crippen molar-refractivity contribution in [3.63, 3.8) is 0 Å². The lowest BCUT2D eigenvalue weighted by Crippen LogP contribution is -2.40. The van der Waals surface area contributed by atoms with Crippen LogP contribution in [-0.4, -0.2) is 87.4 Å². The van der Waals surface area contributed by atoms with E-state index in [9.17, 15) is 19.5 Å². The molecule has 0 amide bonds. The number of unbranched alkanes of at least 4 members (excludes halogenated alkanes) is 35. The zero-order valence-electron chi connectivity index (χ0n) is 45.5. The SMILES string of the molecule is CCC/C=C\CCCCCCCC(=O)OCC(COC(OCC[N+](C)(C)C)C(=O)O)OC(=O)CCCCCCCCCCCCCCCCCCCCCCC/C=C\CCCCCCCCCC. The summed E-state index contributed by atoms with van der Waals surface area (Å²) in [6, 6.07) is 0. The number of nitrogens with zero attached hydrogens (tertiary/aromatic N) is 1. The van der Waals surface area contributed by atoms with Gasteiger partial charge in [-0.05, 0) is 57.8 Å². The van der Waals surface area contributed by atoms with Gasteiger partial charge in [-0.1, -0.05) is 231 Å². The molecular formula is C59H112NO8+. The fraction of sp³-hybridized carbons (Fsp3) is 0.881. The molecule has 0 heterocycles. The highest BCUT2D eigenvalue weighted by Gasteiger charge is 2.25. The van der Waals surface area contributed by atoms with Gasteiger partial charge in [-0.2, -0.15) is 0 Å². The molecule has 2 atom stereocenters. The lowest BCUT2D eigenvalue weighted by molar-refractivity contribution is -0.870. The maximum atomic E-state index is 12.8. The molecule has 68 heavy (non-hydrogen) atoms. The van der Waals surface area contributed by atoms with Crippen LogP contribution in [0.25, 0.3) is 0 Å². The summed E-state index contributed by atoms with van der Waals surface area (Å²) in [4.78, 5) is 37.2. The smallest absolute Gasteiger partial charge is 0.361 e. The normalized spacial score (nSPS) is 12.9. The Hall–Kier alpha value is -2.23. The molecule has 0 aliphatic carbocycles. The average Bonchev–Trinajstić information content (AvgIpc) is 3.30. The molecule has 0 aromatic rings. The van der Waals surface area contributed by atoms with Crippen LogP contribution in [-0.2, 0) is 33.3 Å². The number of esters is 2. The zero-order chi connectivity index (χ0) is 49.9. The fourth-order valence-corrected chi connectivity index (χ4v) is 8.42. The molecule has 0 aliphatic heterocycles. The number of likely N-dealkylation sites (N-methyl/N-ethyl adjacent to an activating group) is 1. The number of hydrogen-bond donors (Lipinski definition) is 1. The number of ether oxygens (including phenoxy) is 4. The van der Waals surface area contributed by atoms with Crippen molar-refractivity contribution in [3.05, 3.63) is 24.3 Å². The minimum absolute atomic E-state index is 0.182. The van der Waals surface area contributed by atoms with E-state index in [0.717, 1.165) is 64.2 Å². The quantitative estimate of drug-likeness (QED) is 0.0211. The molecule has 2 unspecified atom stereocenters. The molecule has 0 aliphatic rings. The molecule has 0 saturated heterocycles. The molecule has 9 nitrogen and oxygen atoms in total. The molecule has 0 aromatic heterocycles. The number of allylic oxidation sites excluding steroid dienone is 4. The summed E-state index contributed by atoms with van der Waals surface area (Å²) in [5, 5.41) is 9.66. The van der Waals surface area contributed by atoms with Crippen molar-refractivity contribution in [1.29, 1.82) is 0 Å². The summed E-state index contributed by atoms with van der Waals surface area (Å²) in [5.74, 6) is -2.00. The van der Waals surface area contributed by atoms with E-state index in [1.165, 1.54) is 186 Å². The van der Waals surface area contributed by atoms with Crippen molar-refractivity contribution in [1.82, 2.24) is 0 Å². The summed E-state index contributed by atoms with van der Waals surface area (Å²) in [7, 11) is 5.96. The van der Waals surface area contributed by atoms with Gasteiger partial charge in [-0.3, -0.25) is 9.59 Å².